The lowest BCUT2D eigenvalue weighted by molar-refractivity contribution is -0.146. The number of rotatable bonds is 6. The molecule has 0 saturated heterocycles. The van der Waals surface area contributed by atoms with Crippen LogP contribution in [0.2, 0.25) is 0 Å². The van der Waals surface area contributed by atoms with Crippen molar-refractivity contribution in [2.45, 2.75) is 39.2 Å². The summed E-state index contributed by atoms with van der Waals surface area (Å²) in [7, 11) is 1.58. The second-order valence-electron chi connectivity index (χ2n) is 5.09. The first kappa shape index (κ1) is 15.0. The number of methoxy groups -OCH3 is 1. The van der Waals surface area contributed by atoms with Crippen molar-refractivity contribution in [3.05, 3.63) is 0 Å². The molecule has 5 nitrogen and oxygen atoms in total. The third-order valence-corrected chi connectivity index (χ3v) is 3.86. The van der Waals surface area contributed by atoms with E-state index in [1.807, 2.05) is 13.8 Å². The van der Waals surface area contributed by atoms with Crippen molar-refractivity contribution in [2.24, 2.45) is 17.8 Å². The molecule has 5 heteroatoms. The molecular formula is C13H23NO4. The van der Waals surface area contributed by atoms with E-state index in [9.17, 15) is 9.59 Å². The van der Waals surface area contributed by atoms with Crippen molar-refractivity contribution >= 4 is 11.9 Å². The predicted molar refractivity (Wildman–Crippen MR) is 67.1 cm³/mol. The van der Waals surface area contributed by atoms with E-state index in [0.717, 1.165) is 6.42 Å². The van der Waals surface area contributed by atoms with Crippen molar-refractivity contribution < 1.29 is 19.4 Å². The Hall–Kier alpha value is -1.10. The van der Waals surface area contributed by atoms with Gasteiger partial charge in [-0.25, -0.2) is 0 Å². The number of carbonyl (C=O) groups excluding carboxylic acids is 1. The molecule has 0 aromatic rings. The minimum absolute atomic E-state index is 0.0550. The van der Waals surface area contributed by atoms with Gasteiger partial charge in [0.2, 0.25) is 5.91 Å². The number of nitrogens with one attached hydrogen (secondary N) is 1. The van der Waals surface area contributed by atoms with Crippen LogP contribution >= 0.6 is 0 Å². The standard InChI is InChI=1S/C13H23NO4/c1-4-9-5-10(11(6-9)13(16)17)12(15)14-7-8(2)18-3/h8-11H,4-7H2,1-3H3,(H,14,15)(H,16,17)/t8?,9?,10-,11+/m0/s1. The number of aliphatic carboxylic acids is 1. The number of carbonyl (C=O) groups is 2. The second kappa shape index (κ2) is 6.73. The lowest BCUT2D eigenvalue weighted by Gasteiger charge is -2.17. The molecule has 2 N–H and O–H groups in total. The van der Waals surface area contributed by atoms with Gasteiger partial charge in [-0.2, -0.15) is 0 Å². The van der Waals surface area contributed by atoms with Gasteiger partial charge in [-0.05, 0) is 25.7 Å². The van der Waals surface area contributed by atoms with Crippen LogP contribution in [0.3, 0.4) is 0 Å². The first-order valence-electron chi connectivity index (χ1n) is 6.52. The van der Waals surface area contributed by atoms with Gasteiger partial charge in [0.05, 0.1) is 17.9 Å². The second-order valence-corrected chi connectivity index (χ2v) is 5.09. The van der Waals surface area contributed by atoms with Gasteiger partial charge in [0.25, 0.3) is 0 Å². The molecular weight excluding hydrogens is 234 g/mol. The van der Waals surface area contributed by atoms with Crippen molar-refractivity contribution in [1.82, 2.24) is 5.32 Å². The number of hydrogen-bond donors (Lipinski definition) is 2. The molecule has 0 spiro atoms. The maximum Gasteiger partial charge on any atom is 0.307 e. The fourth-order valence-electron chi connectivity index (χ4n) is 2.50. The average Bonchev–Trinajstić information content (AvgIpc) is 2.79. The van der Waals surface area contributed by atoms with Crippen molar-refractivity contribution in [2.75, 3.05) is 13.7 Å². The van der Waals surface area contributed by atoms with Crippen molar-refractivity contribution in [3.63, 3.8) is 0 Å². The van der Waals surface area contributed by atoms with Gasteiger partial charge in [-0.1, -0.05) is 13.3 Å². The number of carboxylic acid groups (broad SMARTS) is 1. The van der Waals surface area contributed by atoms with E-state index >= 15 is 0 Å². The third-order valence-electron chi connectivity index (χ3n) is 3.86. The molecule has 4 atom stereocenters. The first-order valence-corrected chi connectivity index (χ1v) is 6.52. The molecule has 0 aliphatic heterocycles. The summed E-state index contributed by atoms with van der Waals surface area (Å²) in [5.41, 5.74) is 0. The van der Waals surface area contributed by atoms with Gasteiger partial charge >= 0.3 is 5.97 Å². The average molecular weight is 257 g/mol. The van der Waals surface area contributed by atoms with Gasteiger partial charge in [0, 0.05) is 13.7 Å². The summed E-state index contributed by atoms with van der Waals surface area (Å²) in [4.78, 5) is 23.2. The highest BCUT2D eigenvalue weighted by Gasteiger charge is 2.41. The highest BCUT2D eigenvalue weighted by Crippen LogP contribution is 2.38. The van der Waals surface area contributed by atoms with E-state index in [-0.39, 0.29) is 12.0 Å². The van der Waals surface area contributed by atoms with Gasteiger partial charge < -0.3 is 15.2 Å². The first-order chi connectivity index (χ1) is 8.49. The summed E-state index contributed by atoms with van der Waals surface area (Å²) in [6.45, 7) is 4.32. The minimum atomic E-state index is -0.856. The summed E-state index contributed by atoms with van der Waals surface area (Å²) in [6, 6.07) is 0. The lowest BCUT2D eigenvalue weighted by Crippen LogP contribution is -2.38. The maximum absolute atomic E-state index is 12.0. The molecule has 0 bridgehead atoms. The van der Waals surface area contributed by atoms with E-state index in [0.29, 0.717) is 25.3 Å². The van der Waals surface area contributed by atoms with Crippen LogP contribution in [0.4, 0.5) is 0 Å². The topological polar surface area (TPSA) is 75.6 Å². The summed E-state index contributed by atoms with van der Waals surface area (Å²) in [6.07, 6.45) is 2.17. The normalized spacial score (nSPS) is 28.9. The number of carboxylic acids is 1. The van der Waals surface area contributed by atoms with E-state index < -0.39 is 17.8 Å². The lowest BCUT2D eigenvalue weighted by atomic mass is 9.95. The molecule has 2 unspecified atom stereocenters. The van der Waals surface area contributed by atoms with Crippen LogP contribution in [0.1, 0.15) is 33.1 Å². The Kier molecular flexibility index (Phi) is 5.59. The van der Waals surface area contributed by atoms with Crippen molar-refractivity contribution in [1.29, 1.82) is 0 Å². The maximum atomic E-state index is 12.0. The highest BCUT2D eigenvalue weighted by atomic mass is 16.5. The Morgan fingerprint density at radius 1 is 1.39 bits per heavy atom. The Morgan fingerprint density at radius 2 is 2.00 bits per heavy atom. The van der Waals surface area contributed by atoms with Crippen LogP contribution in [-0.4, -0.2) is 36.7 Å². The zero-order valence-electron chi connectivity index (χ0n) is 11.3. The Balaban J connectivity index is 2.56. The molecule has 0 aromatic carbocycles. The highest BCUT2D eigenvalue weighted by molar-refractivity contribution is 5.85. The molecule has 0 radical (unpaired) electrons. The molecule has 104 valence electrons. The quantitative estimate of drug-likeness (QED) is 0.751. The van der Waals surface area contributed by atoms with Crippen LogP contribution in [0.15, 0.2) is 0 Å². The van der Waals surface area contributed by atoms with E-state index in [4.69, 9.17) is 9.84 Å². The van der Waals surface area contributed by atoms with E-state index in [2.05, 4.69) is 5.32 Å². The molecule has 0 heterocycles. The van der Waals surface area contributed by atoms with Gasteiger partial charge in [-0.3, -0.25) is 9.59 Å². The molecule has 18 heavy (non-hydrogen) atoms. The summed E-state index contributed by atoms with van der Waals surface area (Å²) in [5, 5.41) is 11.9. The van der Waals surface area contributed by atoms with Gasteiger partial charge in [-0.15, -0.1) is 0 Å². The molecule has 1 amide bonds. The molecule has 1 rings (SSSR count). The SMILES string of the molecule is CCC1C[C@H](C(=O)NCC(C)OC)[C@H](C(=O)O)C1. The van der Waals surface area contributed by atoms with E-state index in [1.165, 1.54) is 0 Å². The molecule has 1 aliphatic carbocycles. The molecule has 1 saturated carbocycles. The Morgan fingerprint density at radius 3 is 2.50 bits per heavy atom. The largest absolute Gasteiger partial charge is 0.481 e. The van der Waals surface area contributed by atoms with Crippen LogP contribution in [0, 0.1) is 17.8 Å². The van der Waals surface area contributed by atoms with Gasteiger partial charge in [0.15, 0.2) is 0 Å². The summed E-state index contributed by atoms with van der Waals surface area (Å²) in [5.74, 6) is -1.58. The Labute approximate surface area is 108 Å². The van der Waals surface area contributed by atoms with Gasteiger partial charge in [0.1, 0.15) is 0 Å². The van der Waals surface area contributed by atoms with Crippen molar-refractivity contribution in [3.8, 4) is 0 Å². The monoisotopic (exact) mass is 257 g/mol. The number of ether oxygens (including phenoxy) is 1. The smallest absolute Gasteiger partial charge is 0.307 e. The summed E-state index contributed by atoms with van der Waals surface area (Å²) < 4.78 is 5.05. The molecule has 1 aliphatic rings. The summed E-state index contributed by atoms with van der Waals surface area (Å²) >= 11 is 0. The third kappa shape index (κ3) is 3.70. The number of amides is 1. The fraction of sp³-hybridized carbons (Fsp3) is 0.846. The molecule has 1 fully saturated rings. The van der Waals surface area contributed by atoms with Crippen LogP contribution in [-0.2, 0) is 14.3 Å². The zero-order valence-corrected chi connectivity index (χ0v) is 11.3. The Bertz CT molecular complexity index is 305. The minimum Gasteiger partial charge on any atom is -0.481 e. The van der Waals surface area contributed by atoms with E-state index in [1.54, 1.807) is 7.11 Å². The zero-order chi connectivity index (χ0) is 13.7. The van der Waals surface area contributed by atoms with Crippen LogP contribution < -0.4 is 5.32 Å². The fourth-order valence-corrected chi connectivity index (χ4v) is 2.50. The number of hydrogen-bond acceptors (Lipinski definition) is 3. The predicted octanol–water partition coefficient (Wildman–Crippen LogP) is 1.27. The van der Waals surface area contributed by atoms with Crippen LogP contribution in [0.5, 0.6) is 0 Å². The van der Waals surface area contributed by atoms with Crippen LogP contribution in [0.25, 0.3) is 0 Å². The molecule has 0 aromatic heterocycles.